The number of hydrogen-bond donors (Lipinski definition) is 4. The van der Waals surface area contributed by atoms with Gasteiger partial charge in [-0.2, -0.15) is 0 Å². The second-order valence-electron chi connectivity index (χ2n) is 15.7. The number of aromatic amines is 2. The van der Waals surface area contributed by atoms with E-state index in [1.165, 1.54) is 66.3 Å². The van der Waals surface area contributed by atoms with Gasteiger partial charge in [0.25, 0.3) is 11.8 Å². The van der Waals surface area contributed by atoms with Crippen LogP contribution in [0.1, 0.15) is 97.6 Å². The van der Waals surface area contributed by atoms with Crippen LogP contribution in [-0.4, -0.2) is 70.3 Å². The van der Waals surface area contributed by atoms with E-state index < -0.39 is 0 Å². The van der Waals surface area contributed by atoms with E-state index in [-0.39, 0.29) is 11.8 Å². The Hall–Kier alpha value is -5.70. The van der Waals surface area contributed by atoms with Crippen LogP contribution in [0.25, 0.3) is 33.0 Å². The van der Waals surface area contributed by atoms with Gasteiger partial charge in [-0.1, -0.05) is 81.7 Å². The molecule has 8 heteroatoms. The first-order valence-corrected chi connectivity index (χ1v) is 21.2. The molecule has 0 aliphatic carbocycles. The molecular weight excluding hydrogens is 717 g/mol. The SMILES string of the molecule is CCCC(C)N1CC=C(c2c[nH]c3ccc(NC(=O)c4ccccc4)cc23)CC1.CCCCCN1CC=C(c2c[nH]c3ccc(NC(=O)c4ccccc4)cc23)CC1. The number of benzene rings is 4. The summed E-state index contributed by atoms with van der Waals surface area (Å²) in [6.45, 7) is 12.3. The molecule has 1 unspecified atom stereocenters. The normalized spacial score (nSPS) is 15.3. The zero-order chi connectivity index (χ0) is 40.3. The minimum Gasteiger partial charge on any atom is -0.361 e. The number of amides is 2. The van der Waals surface area contributed by atoms with Crippen molar-refractivity contribution in [2.75, 3.05) is 43.4 Å². The molecule has 8 nitrogen and oxygen atoms in total. The first kappa shape index (κ1) is 40.5. The second-order valence-corrected chi connectivity index (χ2v) is 15.7. The molecule has 2 aliphatic heterocycles. The standard InChI is InChI=1S/2C25H29N3O/c1-3-7-18(2)28-14-12-19(13-15-28)23-17-26-24-11-10-21(16-22(23)24)27-25(29)20-8-5-4-6-9-20;1-2-3-7-14-28-15-12-19(13-16-28)23-18-26-24-11-10-21(17-22(23)24)27-25(29)20-8-5-4-6-9-20/h4-6,8-12,16-18,26H,3,7,13-15H2,1-2H3,(H,27,29);4-6,8-12,17-18,26H,2-3,7,13-16H2,1H3,(H,27,29). The highest BCUT2D eigenvalue weighted by molar-refractivity contribution is 6.07. The van der Waals surface area contributed by atoms with Gasteiger partial charge in [-0.15, -0.1) is 0 Å². The van der Waals surface area contributed by atoms with Crippen LogP contribution in [-0.2, 0) is 0 Å². The predicted octanol–water partition coefficient (Wildman–Crippen LogP) is 11.4. The number of nitrogens with zero attached hydrogens (tertiary/aromatic N) is 2. The third-order valence-corrected chi connectivity index (χ3v) is 11.6. The number of fused-ring (bicyclic) bond motifs is 2. The molecule has 8 rings (SSSR count). The molecule has 300 valence electrons. The molecule has 2 aromatic heterocycles. The van der Waals surface area contributed by atoms with Crippen LogP contribution in [0.5, 0.6) is 0 Å². The van der Waals surface area contributed by atoms with Crippen molar-refractivity contribution in [3.63, 3.8) is 0 Å². The lowest BCUT2D eigenvalue weighted by molar-refractivity contribution is 0.101. The van der Waals surface area contributed by atoms with E-state index in [4.69, 9.17) is 0 Å². The highest BCUT2D eigenvalue weighted by atomic mass is 16.2. The Kier molecular flexibility index (Phi) is 13.7. The summed E-state index contributed by atoms with van der Waals surface area (Å²) < 4.78 is 0. The highest BCUT2D eigenvalue weighted by Crippen LogP contribution is 2.33. The third kappa shape index (κ3) is 10.0. The van der Waals surface area contributed by atoms with Crippen molar-refractivity contribution < 1.29 is 9.59 Å². The predicted molar refractivity (Wildman–Crippen MR) is 242 cm³/mol. The first-order chi connectivity index (χ1) is 28.4. The van der Waals surface area contributed by atoms with Gasteiger partial charge in [-0.25, -0.2) is 0 Å². The molecule has 0 fully saturated rings. The number of carbonyl (C=O) groups excluding carboxylic acids is 2. The van der Waals surface area contributed by atoms with Crippen LogP contribution < -0.4 is 10.6 Å². The number of nitrogens with one attached hydrogen (secondary N) is 4. The molecule has 0 saturated heterocycles. The molecule has 2 amide bonds. The number of H-pyrrole nitrogens is 2. The molecule has 4 N–H and O–H groups in total. The maximum absolute atomic E-state index is 12.5. The van der Waals surface area contributed by atoms with E-state index >= 15 is 0 Å². The van der Waals surface area contributed by atoms with E-state index in [2.05, 4.69) is 87.9 Å². The molecule has 0 spiro atoms. The van der Waals surface area contributed by atoms with Gasteiger partial charge in [-0.3, -0.25) is 19.4 Å². The molecule has 2 aliphatic rings. The Balaban J connectivity index is 0.000000177. The molecule has 0 saturated carbocycles. The first-order valence-electron chi connectivity index (χ1n) is 21.2. The average Bonchev–Trinajstić information content (AvgIpc) is 3.89. The summed E-state index contributed by atoms with van der Waals surface area (Å²) in [5.74, 6) is -0.166. The minimum absolute atomic E-state index is 0.0818. The zero-order valence-electron chi connectivity index (χ0n) is 34.3. The Morgan fingerprint density at radius 2 is 1.19 bits per heavy atom. The topological polar surface area (TPSA) is 96.3 Å². The molecule has 4 aromatic carbocycles. The summed E-state index contributed by atoms with van der Waals surface area (Å²) in [5.41, 5.74) is 10.5. The lowest BCUT2D eigenvalue weighted by Crippen LogP contribution is -2.36. The third-order valence-electron chi connectivity index (χ3n) is 11.6. The van der Waals surface area contributed by atoms with Gasteiger partial charge in [0.2, 0.25) is 0 Å². The van der Waals surface area contributed by atoms with Crippen molar-refractivity contribution in [3.8, 4) is 0 Å². The number of anilines is 2. The Labute approximate surface area is 343 Å². The van der Waals surface area contributed by atoms with Crippen molar-refractivity contribution in [1.82, 2.24) is 19.8 Å². The smallest absolute Gasteiger partial charge is 0.255 e. The molecule has 4 heterocycles. The fourth-order valence-electron chi connectivity index (χ4n) is 8.19. The van der Waals surface area contributed by atoms with Crippen LogP contribution in [0.15, 0.2) is 122 Å². The quantitative estimate of drug-likeness (QED) is 0.0879. The van der Waals surface area contributed by atoms with Crippen molar-refractivity contribution in [1.29, 1.82) is 0 Å². The van der Waals surface area contributed by atoms with E-state index in [1.807, 2.05) is 84.9 Å². The molecule has 58 heavy (non-hydrogen) atoms. The minimum atomic E-state index is -0.0838. The number of aromatic nitrogens is 2. The van der Waals surface area contributed by atoms with Gasteiger partial charge in [0.05, 0.1) is 0 Å². The Morgan fingerprint density at radius 1 is 0.655 bits per heavy atom. The fraction of sp³-hybridized carbons (Fsp3) is 0.320. The van der Waals surface area contributed by atoms with E-state index in [9.17, 15) is 9.59 Å². The van der Waals surface area contributed by atoms with Crippen LogP contribution in [0.3, 0.4) is 0 Å². The maximum Gasteiger partial charge on any atom is 0.255 e. The molecule has 0 radical (unpaired) electrons. The fourth-order valence-corrected chi connectivity index (χ4v) is 8.19. The maximum atomic E-state index is 12.5. The van der Waals surface area contributed by atoms with Crippen molar-refractivity contribution in [2.45, 2.75) is 71.8 Å². The van der Waals surface area contributed by atoms with Crippen LogP contribution in [0.4, 0.5) is 11.4 Å². The van der Waals surface area contributed by atoms with Crippen LogP contribution in [0, 0.1) is 0 Å². The summed E-state index contributed by atoms with van der Waals surface area (Å²) >= 11 is 0. The molecule has 1 atom stereocenters. The van der Waals surface area contributed by atoms with Gasteiger partial charge in [0.15, 0.2) is 0 Å². The summed E-state index contributed by atoms with van der Waals surface area (Å²) in [4.78, 5) is 36.8. The summed E-state index contributed by atoms with van der Waals surface area (Å²) in [6.07, 6.45) is 17.4. The van der Waals surface area contributed by atoms with Crippen molar-refractivity contribution >= 4 is 56.1 Å². The van der Waals surface area contributed by atoms with Crippen LogP contribution in [0.2, 0.25) is 0 Å². The lowest BCUT2D eigenvalue weighted by Gasteiger charge is -2.31. The van der Waals surface area contributed by atoms with Crippen LogP contribution >= 0.6 is 0 Å². The number of carbonyl (C=O) groups is 2. The van der Waals surface area contributed by atoms with E-state index in [0.717, 1.165) is 66.8 Å². The van der Waals surface area contributed by atoms with Gasteiger partial charge >= 0.3 is 0 Å². The summed E-state index contributed by atoms with van der Waals surface area (Å²) in [7, 11) is 0. The zero-order valence-corrected chi connectivity index (χ0v) is 34.3. The van der Waals surface area contributed by atoms with E-state index in [1.54, 1.807) is 0 Å². The van der Waals surface area contributed by atoms with Gasteiger partial charge in [-0.05, 0) is 111 Å². The Morgan fingerprint density at radius 3 is 1.66 bits per heavy atom. The molecule has 0 bridgehead atoms. The number of hydrogen-bond acceptors (Lipinski definition) is 4. The van der Waals surface area contributed by atoms with Gasteiger partial charge in [0, 0.05) is 100 Å². The highest BCUT2D eigenvalue weighted by Gasteiger charge is 2.20. The summed E-state index contributed by atoms with van der Waals surface area (Å²) in [6, 6.07) is 31.4. The number of unbranched alkanes of at least 4 members (excludes halogenated alkanes) is 2. The summed E-state index contributed by atoms with van der Waals surface area (Å²) in [5, 5.41) is 8.38. The lowest BCUT2D eigenvalue weighted by atomic mass is 9.97. The average molecular weight is 775 g/mol. The van der Waals surface area contributed by atoms with Gasteiger partial charge in [0.1, 0.15) is 0 Å². The van der Waals surface area contributed by atoms with Crippen molar-refractivity contribution in [3.05, 3.63) is 144 Å². The number of rotatable bonds is 13. The second kappa shape index (κ2) is 19.6. The molecule has 6 aromatic rings. The van der Waals surface area contributed by atoms with Gasteiger partial charge < -0.3 is 20.6 Å². The largest absolute Gasteiger partial charge is 0.361 e. The molecular formula is C50H58N6O2. The van der Waals surface area contributed by atoms with Crippen molar-refractivity contribution in [2.24, 2.45) is 0 Å². The van der Waals surface area contributed by atoms with E-state index in [0.29, 0.717) is 17.2 Å². The Bertz CT molecular complexity index is 2360. The monoisotopic (exact) mass is 774 g/mol.